The molecule has 1 aromatic rings. The molecule has 102 valence electrons. The summed E-state index contributed by atoms with van der Waals surface area (Å²) in [6.07, 6.45) is 0. The van der Waals surface area contributed by atoms with E-state index in [-0.39, 0.29) is 12.3 Å². The number of carbonyl (C=O) groups is 1. The molecular formula is C11H12FN3O4. The van der Waals surface area contributed by atoms with Gasteiger partial charge in [-0.1, -0.05) is 0 Å². The predicted molar refractivity (Wildman–Crippen MR) is 64.3 cm³/mol. The van der Waals surface area contributed by atoms with Crippen molar-refractivity contribution in [3.63, 3.8) is 0 Å². The number of non-ortho nitro benzene ring substituents is 1. The Balaban J connectivity index is 2.09. The van der Waals surface area contributed by atoms with Crippen molar-refractivity contribution in [3.8, 4) is 0 Å². The summed E-state index contributed by atoms with van der Waals surface area (Å²) in [4.78, 5) is 21.7. The van der Waals surface area contributed by atoms with E-state index >= 15 is 0 Å². The van der Waals surface area contributed by atoms with Gasteiger partial charge < -0.3 is 15.4 Å². The lowest BCUT2D eigenvalue weighted by Crippen LogP contribution is -2.48. The Bertz CT molecular complexity index is 503. The van der Waals surface area contributed by atoms with Gasteiger partial charge in [0.15, 0.2) is 0 Å². The lowest BCUT2D eigenvalue weighted by molar-refractivity contribution is -0.385. The molecule has 1 aromatic carbocycles. The molecule has 1 saturated heterocycles. The minimum Gasteiger partial charge on any atom is -0.378 e. The maximum absolute atomic E-state index is 13.2. The van der Waals surface area contributed by atoms with Gasteiger partial charge in [0.05, 0.1) is 29.9 Å². The fourth-order valence-corrected chi connectivity index (χ4v) is 1.71. The number of anilines is 1. The number of nitrogens with one attached hydrogen (secondary N) is 2. The molecule has 1 aliphatic heterocycles. The van der Waals surface area contributed by atoms with Gasteiger partial charge in [-0.3, -0.25) is 14.9 Å². The molecule has 0 saturated carbocycles. The van der Waals surface area contributed by atoms with Gasteiger partial charge in [-0.2, -0.15) is 0 Å². The van der Waals surface area contributed by atoms with Crippen molar-refractivity contribution >= 4 is 17.3 Å². The minimum atomic E-state index is -0.780. The molecule has 1 fully saturated rings. The van der Waals surface area contributed by atoms with E-state index in [0.29, 0.717) is 13.2 Å². The Morgan fingerprint density at radius 2 is 2.32 bits per heavy atom. The number of amides is 1. The molecule has 0 radical (unpaired) electrons. The van der Waals surface area contributed by atoms with Crippen molar-refractivity contribution < 1.29 is 18.8 Å². The summed E-state index contributed by atoms with van der Waals surface area (Å²) in [5, 5.41) is 15.9. The van der Waals surface area contributed by atoms with Crippen molar-refractivity contribution in [1.29, 1.82) is 0 Å². The van der Waals surface area contributed by atoms with Crippen molar-refractivity contribution in [2.45, 2.75) is 6.04 Å². The van der Waals surface area contributed by atoms with Gasteiger partial charge in [-0.15, -0.1) is 0 Å². The first-order valence-electron chi connectivity index (χ1n) is 5.63. The summed E-state index contributed by atoms with van der Waals surface area (Å²) >= 11 is 0. The summed E-state index contributed by atoms with van der Waals surface area (Å²) in [5.74, 6) is -1.20. The van der Waals surface area contributed by atoms with E-state index in [1.54, 1.807) is 0 Å². The summed E-state index contributed by atoms with van der Waals surface area (Å²) < 4.78 is 18.3. The quantitative estimate of drug-likeness (QED) is 0.621. The Hall–Kier alpha value is -2.06. The summed E-state index contributed by atoms with van der Waals surface area (Å²) in [6.45, 7) is 1.28. The number of rotatable bonds is 3. The summed E-state index contributed by atoms with van der Waals surface area (Å²) in [6, 6.07) is 2.37. The molecule has 0 aromatic heterocycles. The number of halogens is 1. The number of ether oxygens (including phenoxy) is 1. The number of nitro benzene ring substituents is 1. The molecule has 2 rings (SSSR count). The molecule has 1 heterocycles. The van der Waals surface area contributed by atoms with Crippen LogP contribution in [0.3, 0.4) is 0 Å². The maximum atomic E-state index is 13.2. The van der Waals surface area contributed by atoms with E-state index in [1.807, 2.05) is 0 Å². The van der Waals surface area contributed by atoms with E-state index in [1.165, 1.54) is 0 Å². The minimum absolute atomic E-state index is 0.0454. The van der Waals surface area contributed by atoms with Crippen LogP contribution < -0.4 is 10.6 Å². The highest BCUT2D eigenvalue weighted by Crippen LogP contribution is 2.20. The molecule has 0 bridgehead atoms. The van der Waals surface area contributed by atoms with Crippen LogP contribution in [0.2, 0.25) is 0 Å². The number of hydrogen-bond donors (Lipinski definition) is 2. The van der Waals surface area contributed by atoms with Gasteiger partial charge >= 0.3 is 0 Å². The highest BCUT2D eigenvalue weighted by atomic mass is 19.1. The monoisotopic (exact) mass is 269 g/mol. The topological polar surface area (TPSA) is 93.5 Å². The number of hydrogen-bond acceptors (Lipinski definition) is 5. The van der Waals surface area contributed by atoms with Gasteiger partial charge in [0.2, 0.25) is 5.91 Å². The zero-order valence-electron chi connectivity index (χ0n) is 9.89. The van der Waals surface area contributed by atoms with Gasteiger partial charge in [0.25, 0.3) is 5.69 Å². The molecule has 1 amide bonds. The maximum Gasteiger partial charge on any atom is 0.274 e. The van der Waals surface area contributed by atoms with E-state index < -0.39 is 28.4 Å². The van der Waals surface area contributed by atoms with Crippen LogP contribution in [0.25, 0.3) is 0 Å². The molecule has 0 spiro atoms. The SMILES string of the molecule is O=C(Nc1cc(F)cc([N+](=O)[O-])c1)C1COCCN1. The van der Waals surface area contributed by atoms with Gasteiger partial charge in [0, 0.05) is 12.6 Å². The second kappa shape index (κ2) is 5.72. The lowest BCUT2D eigenvalue weighted by atomic mass is 10.2. The Morgan fingerprint density at radius 3 is 2.95 bits per heavy atom. The average Bonchev–Trinajstić information content (AvgIpc) is 2.39. The molecule has 1 aliphatic rings. The van der Waals surface area contributed by atoms with Crippen molar-refractivity contribution in [1.82, 2.24) is 5.32 Å². The summed E-state index contributed by atoms with van der Waals surface area (Å²) in [5.41, 5.74) is -0.368. The third-order valence-electron chi connectivity index (χ3n) is 2.60. The molecule has 8 heteroatoms. The number of nitro groups is 1. The van der Waals surface area contributed by atoms with Crippen LogP contribution >= 0.6 is 0 Å². The van der Waals surface area contributed by atoms with Crippen LogP contribution in [0.1, 0.15) is 0 Å². The fraction of sp³-hybridized carbons (Fsp3) is 0.364. The van der Waals surface area contributed by atoms with Crippen LogP contribution in [0.4, 0.5) is 15.8 Å². The van der Waals surface area contributed by atoms with Gasteiger partial charge in [-0.05, 0) is 6.07 Å². The number of nitrogens with zero attached hydrogens (tertiary/aromatic N) is 1. The summed E-state index contributed by atoms with van der Waals surface area (Å²) in [7, 11) is 0. The lowest BCUT2D eigenvalue weighted by Gasteiger charge is -2.22. The fourth-order valence-electron chi connectivity index (χ4n) is 1.71. The zero-order chi connectivity index (χ0) is 13.8. The van der Waals surface area contributed by atoms with E-state index in [4.69, 9.17) is 4.74 Å². The molecular weight excluding hydrogens is 257 g/mol. The van der Waals surface area contributed by atoms with E-state index in [9.17, 15) is 19.3 Å². The standard InChI is InChI=1S/C11H12FN3O4/c12-7-3-8(5-9(4-7)15(17)18)14-11(16)10-6-19-2-1-13-10/h3-5,10,13H,1-2,6H2,(H,14,16). The Labute approximate surface area is 107 Å². The second-order valence-electron chi connectivity index (χ2n) is 4.03. The van der Waals surface area contributed by atoms with Crippen LogP contribution in [0, 0.1) is 15.9 Å². The molecule has 1 unspecified atom stereocenters. The first-order valence-corrected chi connectivity index (χ1v) is 5.63. The molecule has 7 nitrogen and oxygen atoms in total. The first-order chi connectivity index (χ1) is 9.06. The van der Waals surface area contributed by atoms with E-state index in [2.05, 4.69) is 10.6 Å². The smallest absolute Gasteiger partial charge is 0.274 e. The molecule has 2 N–H and O–H groups in total. The largest absolute Gasteiger partial charge is 0.378 e. The van der Waals surface area contributed by atoms with Crippen LogP contribution in [0.5, 0.6) is 0 Å². The molecule has 19 heavy (non-hydrogen) atoms. The average molecular weight is 269 g/mol. The highest BCUT2D eigenvalue weighted by molar-refractivity contribution is 5.95. The number of carbonyl (C=O) groups excluding carboxylic acids is 1. The number of benzene rings is 1. The number of morpholine rings is 1. The normalized spacial score (nSPS) is 18.9. The third kappa shape index (κ3) is 3.46. The van der Waals surface area contributed by atoms with Crippen LogP contribution in [-0.2, 0) is 9.53 Å². The molecule has 0 aliphatic carbocycles. The van der Waals surface area contributed by atoms with Gasteiger partial charge in [0.1, 0.15) is 11.9 Å². The Morgan fingerprint density at radius 1 is 1.53 bits per heavy atom. The highest BCUT2D eigenvalue weighted by Gasteiger charge is 2.22. The Kier molecular flexibility index (Phi) is 4.03. The zero-order valence-corrected chi connectivity index (χ0v) is 9.89. The first kappa shape index (κ1) is 13.4. The third-order valence-corrected chi connectivity index (χ3v) is 2.60. The van der Waals surface area contributed by atoms with Crippen molar-refractivity contribution in [3.05, 3.63) is 34.1 Å². The molecule has 1 atom stereocenters. The van der Waals surface area contributed by atoms with E-state index in [0.717, 1.165) is 18.2 Å². The van der Waals surface area contributed by atoms with Crippen LogP contribution in [0.15, 0.2) is 18.2 Å². The predicted octanol–water partition coefficient (Wildman–Crippen LogP) is 0.661. The van der Waals surface area contributed by atoms with Crippen molar-refractivity contribution in [2.24, 2.45) is 0 Å². The van der Waals surface area contributed by atoms with Crippen LogP contribution in [-0.4, -0.2) is 36.6 Å². The second-order valence-corrected chi connectivity index (χ2v) is 4.03. The van der Waals surface area contributed by atoms with Gasteiger partial charge in [-0.25, -0.2) is 4.39 Å². The van der Waals surface area contributed by atoms with Crippen molar-refractivity contribution in [2.75, 3.05) is 25.1 Å².